The first-order chi connectivity index (χ1) is 5.61. The van der Waals surface area contributed by atoms with Gasteiger partial charge in [0.1, 0.15) is 18.8 Å². The zero-order valence-electron chi connectivity index (χ0n) is 6.34. The van der Waals surface area contributed by atoms with E-state index in [2.05, 4.69) is 11.3 Å². The van der Waals surface area contributed by atoms with Gasteiger partial charge in [-0.15, -0.1) is 0 Å². The number of rotatable bonds is 5. The van der Waals surface area contributed by atoms with Gasteiger partial charge < -0.3 is 19.7 Å². The Labute approximate surface area is 69.3 Å². The van der Waals surface area contributed by atoms with Crippen LogP contribution in [0.2, 0.25) is 0 Å². The van der Waals surface area contributed by atoms with Gasteiger partial charge in [0.05, 0.1) is 0 Å². The average Bonchev–Trinajstić information content (AvgIpc) is 2.11. The van der Waals surface area contributed by atoms with Crippen LogP contribution in [-0.2, 0) is 14.3 Å². The molecule has 0 aromatic carbocycles. The first-order valence-corrected chi connectivity index (χ1v) is 3.22. The van der Waals surface area contributed by atoms with Gasteiger partial charge >= 0.3 is 5.97 Å². The Hall–Kier alpha value is -1.20. The molecule has 68 valence electrons. The van der Waals surface area contributed by atoms with Crippen molar-refractivity contribution in [3.05, 3.63) is 12.7 Å². The maximum Gasteiger partial charge on any atom is 0.330 e. The van der Waals surface area contributed by atoms with Crippen LogP contribution >= 0.6 is 0 Å². The summed E-state index contributed by atoms with van der Waals surface area (Å²) < 4.78 is 4.35. The fraction of sp³-hybridized carbons (Fsp3) is 0.429. The molecule has 2 atom stereocenters. The number of carbonyl (C=O) groups is 2. The summed E-state index contributed by atoms with van der Waals surface area (Å²) >= 11 is 0. The zero-order valence-corrected chi connectivity index (χ0v) is 6.34. The molecule has 0 heterocycles. The van der Waals surface area contributed by atoms with Gasteiger partial charge in [0, 0.05) is 6.08 Å². The van der Waals surface area contributed by atoms with Crippen molar-refractivity contribution < 1.29 is 24.5 Å². The molecule has 0 radical (unpaired) electrons. The van der Waals surface area contributed by atoms with E-state index >= 15 is 0 Å². The monoisotopic (exact) mass is 174 g/mol. The zero-order chi connectivity index (χ0) is 9.56. The van der Waals surface area contributed by atoms with Gasteiger partial charge in [0.15, 0.2) is 6.29 Å². The Morgan fingerprint density at radius 3 is 2.58 bits per heavy atom. The SMILES string of the molecule is C=CC(=O)OC[C@@H](O)[C@@H](O)C=O. The van der Waals surface area contributed by atoms with Crippen molar-refractivity contribution in [2.45, 2.75) is 12.2 Å². The van der Waals surface area contributed by atoms with Crippen LogP contribution in [0.5, 0.6) is 0 Å². The molecule has 12 heavy (non-hydrogen) atoms. The Bertz CT molecular complexity index is 177. The number of hydrogen-bond acceptors (Lipinski definition) is 5. The number of aliphatic hydroxyl groups excluding tert-OH is 2. The second kappa shape index (κ2) is 5.45. The minimum atomic E-state index is -1.53. The lowest BCUT2D eigenvalue weighted by atomic mass is 10.2. The molecule has 0 amide bonds. The van der Waals surface area contributed by atoms with Crippen molar-refractivity contribution in [3.8, 4) is 0 Å². The van der Waals surface area contributed by atoms with Crippen molar-refractivity contribution in [1.29, 1.82) is 0 Å². The highest BCUT2D eigenvalue weighted by Gasteiger charge is 2.16. The van der Waals surface area contributed by atoms with Crippen molar-refractivity contribution in [2.75, 3.05) is 6.61 Å². The molecule has 5 heteroatoms. The third-order valence-corrected chi connectivity index (χ3v) is 1.10. The molecule has 0 saturated heterocycles. The normalized spacial score (nSPS) is 14.5. The summed E-state index contributed by atoms with van der Waals surface area (Å²) in [6.45, 7) is 2.69. The molecule has 0 aliphatic rings. The molecule has 2 N–H and O–H groups in total. The number of hydrogen-bond donors (Lipinski definition) is 2. The maximum atomic E-state index is 10.4. The smallest absolute Gasteiger partial charge is 0.330 e. The van der Waals surface area contributed by atoms with Gasteiger partial charge in [-0.2, -0.15) is 0 Å². The molecular formula is C7H10O5. The van der Waals surface area contributed by atoms with Gasteiger partial charge in [-0.05, 0) is 0 Å². The van der Waals surface area contributed by atoms with E-state index < -0.39 is 24.8 Å². The van der Waals surface area contributed by atoms with Crippen molar-refractivity contribution in [2.24, 2.45) is 0 Å². The molecule has 0 unspecified atom stereocenters. The van der Waals surface area contributed by atoms with Crippen molar-refractivity contribution >= 4 is 12.3 Å². The van der Waals surface area contributed by atoms with Crippen LogP contribution in [0.4, 0.5) is 0 Å². The minimum Gasteiger partial charge on any atom is -0.460 e. The third-order valence-electron chi connectivity index (χ3n) is 1.10. The molecule has 0 saturated carbocycles. The van der Waals surface area contributed by atoms with Crippen LogP contribution in [0, 0.1) is 0 Å². The average molecular weight is 174 g/mol. The largest absolute Gasteiger partial charge is 0.460 e. The van der Waals surface area contributed by atoms with E-state index in [4.69, 9.17) is 10.2 Å². The standard InChI is InChI=1S/C7H10O5/c1-2-7(11)12-4-6(10)5(9)3-8/h2-3,5-6,9-10H,1,4H2/t5-,6+/m0/s1. The van der Waals surface area contributed by atoms with Gasteiger partial charge in [-0.25, -0.2) is 4.79 Å². The minimum absolute atomic E-state index is 0.159. The Balaban J connectivity index is 3.69. The van der Waals surface area contributed by atoms with Gasteiger partial charge in [-0.1, -0.05) is 6.58 Å². The third kappa shape index (κ3) is 3.85. The molecule has 0 spiro atoms. The predicted molar refractivity (Wildman–Crippen MR) is 39.2 cm³/mol. The highest BCUT2D eigenvalue weighted by molar-refractivity contribution is 5.81. The molecule has 0 fully saturated rings. The lowest BCUT2D eigenvalue weighted by Gasteiger charge is -2.11. The molecule has 0 aliphatic carbocycles. The van der Waals surface area contributed by atoms with E-state index in [1.165, 1.54) is 0 Å². The number of carbonyl (C=O) groups excluding carboxylic acids is 2. The van der Waals surface area contributed by atoms with Gasteiger partial charge in [-0.3, -0.25) is 0 Å². The highest BCUT2D eigenvalue weighted by atomic mass is 16.5. The molecule has 0 bridgehead atoms. The first kappa shape index (κ1) is 10.8. The summed E-state index contributed by atoms with van der Waals surface area (Å²) in [5.74, 6) is -0.716. The van der Waals surface area contributed by atoms with Crippen LogP contribution in [0.25, 0.3) is 0 Å². The lowest BCUT2D eigenvalue weighted by molar-refractivity contribution is -0.144. The fourth-order valence-corrected chi connectivity index (χ4v) is 0.416. The van der Waals surface area contributed by atoms with E-state index in [1.807, 2.05) is 0 Å². The molecule has 0 aliphatic heterocycles. The molecular weight excluding hydrogens is 164 g/mol. The first-order valence-electron chi connectivity index (χ1n) is 3.22. The summed E-state index contributed by atoms with van der Waals surface area (Å²) in [5.41, 5.74) is 0. The van der Waals surface area contributed by atoms with Crippen molar-refractivity contribution in [3.63, 3.8) is 0 Å². The Morgan fingerprint density at radius 2 is 2.17 bits per heavy atom. The van der Waals surface area contributed by atoms with Crippen LogP contribution in [0.3, 0.4) is 0 Å². The van der Waals surface area contributed by atoms with E-state index in [0.717, 1.165) is 6.08 Å². The number of aliphatic hydroxyl groups is 2. The van der Waals surface area contributed by atoms with Gasteiger partial charge in [0.2, 0.25) is 0 Å². The van der Waals surface area contributed by atoms with Crippen LogP contribution in [0.1, 0.15) is 0 Å². The van der Waals surface area contributed by atoms with E-state index in [1.54, 1.807) is 0 Å². The summed E-state index contributed by atoms with van der Waals surface area (Å²) in [6.07, 6.45) is -1.83. The molecule has 0 aromatic heterocycles. The quantitative estimate of drug-likeness (QED) is 0.305. The molecule has 5 nitrogen and oxygen atoms in total. The summed E-state index contributed by atoms with van der Waals surface area (Å²) in [7, 11) is 0. The Kier molecular flexibility index (Phi) is 4.91. The van der Waals surface area contributed by atoms with Crippen LogP contribution < -0.4 is 0 Å². The predicted octanol–water partition coefficient (Wildman–Crippen LogP) is -1.36. The van der Waals surface area contributed by atoms with E-state index in [0.29, 0.717) is 0 Å². The highest BCUT2D eigenvalue weighted by Crippen LogP contribution is 1.92. The lowest BCUT2D eigenvalue weighted by Crippen LogP contribution is -2.32. The molecule has 0 aromatic rings. The summed E-state index contributed by atoms with van der Waals surface area (Å²) in [5, 5.41) is 17.5. The van der Waals surface area contributed by atoms with Gasteiger partial charge in [0.25, 0.3) is 0 Å². The topological polar surface area (TPSA) is 83.8 Å². The second-order valence-electron chi connectivity index (χ2n) is 2.03. The van der Waals surface area contributed by atoms with E-state index in [-0.39, 0.29) is 6.29 Å². The van der Waals surface area contributed by atoms with Crippen LogP contribution in [0.15, 0.2) is 12.7 Å². The Morgan fingerprint density at radius 1 is 1.58 bits per heavy atom. The summed E-state index contributed by atoms with van der Waals surface area (Å²) in [4.78, 5) is 20.3. The number of ether oxygens (including phenoxy) is 1. The van der Waals surface area contributed by atoms with E-state index in [9.17, 15) is 9.59 Å². The maximum absolute atomic E-state index is 10.4. The van der Waals surface area contributed by atoms with Crippen LogP contribution in [-0.4, -0.2) is 41.3 Å². The summed E-state index contributed by atoms with van der Waals surface area (Å²) in [6, 6.07) is 0. The second-order valence-corrected chi connectivity index (χ2v) is 2.03. The fourth-order valence-electron chi connectivity index (χ4n) is 0.416. The number of esters is 1. The number of aldehydes is 1. The van der Waals surface area contributed by atoms with Crippen molar-refractivity contribution in [1.82, 2.24) is 0 Å². The molecule has 0 rings (SSSR count).